The predicted molar refractivity (Wildman–Crippen MR) is 132 cm³/mol. The van der Waals surface area contributed by atoms with Crippen molar-refractivity contribution < 1.29 is 35.9 Å². The van der Waals surface area contributed by atoms with Gasteiger partial charge in [-0.2, -0.15) is 8.78 Å². The van der Waals surface area contributed by atoms with Gasteiger partial charge in [0, 0.05) is 18.7 Å². The van der Waals surface area contributed by atoms with Crippen molar-refractivity contribution in [1.82, 2.24) is 4.90 Å². The van der Waals surface area contributed by atoms with Crippen LogP contribution in [0.1, 0.15) is 19.1 Å². The first-order valence-corrected chi connectivity index (χ1v) is 13.8. The number of alkyl halides is 2. The van der Waals surface area contributed by atoms with E-state index in [4.69, 9.17) is 4.42 Å². The minimum Gasteiger partial charge on any atom is -0.465 e. The van der Waals surface area contributed by atoms with E-state index >= 15 is 0 Å². The highest BCUT2D eigenvalue weighted by Gasteiger charge is 2.36. The molecule has 2 aromatic rings. The molecule has 13 heteroatoms. The van der Waals surface area contributed by atoms with E-state index in [1.807, 2.05) is 0 Å². The second kappa shape index (κ2) is 10.8. The topological polar surface area (TPSA) is 109 Å². The van der Waals surface area contributed by atoms with Crippen LogP contribution >= 0.6 is 11.8 Å². The van der Waals surface area contributed by atoms with Crippen molar-refractivity contribution in [3.63, 3.8) is 0 Å². The van der Waals surface area contributed by atoms with Crippen LogP contribution in [0.4, 0.5) is 14.5 Å². The Balaban J connectivity index is 1.55. The minimum absolute atomic E-state index is 0.0514. The smallest absolute Gasteiger partial charge is 0.387 e. The molecule has 0 spiro atoms. The summed E-state index contributed by atoms with van der Waals surface area (Å²) in [4.78, 5) is 33.4. The van der Waals surface area contributed by atoms with Gasteiger partial charge in [-0.15, -0.1) is 0 Å². The number of thioether (sulfide) groups is 1. The Morgan fingerprint density at radius 1 is 1.33 bits per heavy atom. The Kier molecular flexibility index (Phi) is 7.79. The maximum atomic E-state index is 13.2. The number of nitrogens with zero attached hydrogens (tertiary/aromatic N) is 3. The monoisotopic (exact) mass is 539 g/mol. The standard InChI is InChI=1S/C23H23F2N3O6S2/c1-2-27(16-9-11-36(31,32)14-16)20(29)13-35-23-26-19(12-18-4-3-10-33-18)21(30)28(23)15-5-7-17(8-6-15)34-22(24)25/h3-8,10,12,16,22H,2,9,11,13-14H2,1H3/b19-12+/t16-/m1/s1. The summed E-state index contributed by atoms with van der Waals surface area (Å²) in [6, 6.07) is 8.40. The average Bonchev–Trinajstić information content (AvgIpc) is 3.54. The molecule has 0 saturated carbocycles. The van der Waals surface area contributed by atoms with Crippen LogP contribution in [0.2, 0.25) is 0 Å². The zero-order chi connectivity index (χ0) is 25.9. The summed E-state index contributed by atoms with van der Waals surface area (Å²) < 4.78 is 58.4. The minimum atomic E-state index is -3.16. The van der Waals surface area contributed by atoms with Crippen LogP contribution in [-0.4, -0.2) is 66.8 Å². The van der Waals surface area contributed by atoms with Gasteiger partial charge in [0.25, 0.3) is 5.91 Å². The van der Waals surface area contributed by atoms with Crippen LogP contribution in [0.15, 0.2) is 57.8 Å². The van der Waals surface area contributed by atoms with Gasteiger partial charge >= 0.3 is 6.61 Å². The number of carbonyl (C=O) groups excluding carboxylic acids is 2. The van der Waals surface area contributed by atoms with Crippen molar-refractivity contribution in [3.8, 4) is 5.75 Å². The highest BCUT2D eigenvalue weighted by molar-refractivity contribution is 8.14. The maximum absolute atomic E-state index is 13.2. The molecular formula is C23H23F2N3O6S2. The molecule has 0 bridgehead atoms. The molecule has 36 heavy (non-hydrogen) atoms. The molecular weight excluding hydrogens is 516 g/mol. The lowest BCUT2D eigenvalue weighted by Crippen LogP contribution is -2.42. The molecule has 192 valence electrons. The first kappa shape index (κ1) is 25.9. The summed E-state index contributed by atoms with van der Waals surface area (Å²) in [7, 11) is -3.16. The Morgan fingerprint density at radius 2 is 2.08 bits per heavy atom. The zero-order valence-electron chi connectivity index (χ0n) is 19.2. The number of halogens is 2. The van der Waals surface area contributed by atoms with Crippen LogP contribution < -0.4 is 9.64 Å². The quantitative estimate of drug-likeness (QED) is 0.473. The lowest BCUT2D eigenvalue weighted by atomic mass is 10.2. The van der Waals surface area contributed by atoms with Crippen molar-refractivity contribution in [2.75, 3.05) is 28.7 Å². The van der Waals surface area contributed by atoms with Crippen molar-refractivity contribution in [2.24, 2.45) is 4.99 Å². The molecule has 0 aliphatic carbocycles. The Bertz CT molecular complexity index is 1280. The lowest BCUT2D eigenvalue weighted by molar-refractivity contribution is -0.129. The molecule has 2 aliphatic rings. The summed E-state index contributed by atoms with van der Waals surface area (Å²) in [5.74, 6) is -0.514. The van der Waals surface area contributed by atoms with Gasteiger partial charge in [-0.25, -0.2) is 13.4 Å². The van der Waals surface area contributed by atoms with Gasteiger partial charge in [0.15, 0.2) is 15.0 Å². The number of hydrogen-bond donors (Lipinski definition) is 0. The third-order valence-electron chi connectivity index (χ3n) is 5.61. The van der Waals surface area contributed by atoms with Crippen LogP contribution in [0.25, 0.3) is 6.08 Å². The second-order valence-corrected chi connectivity index (χ2v) is 11.1. The Hall–Kier alpha value is -3.19. The van der Waals surface area contributed by atoms with Gasteiger partial charge in [-0.05, 0) is 49.7 Å². The largest absolute Gasteiger partial charge is 0.465 e. The summed E-state index contributed by atoms with van der Waals surface area (Å²) >= 11 is 1.02. The van der Waals surface area contributed by atoms with E-state index < -0.39 is 22.4 Å². The van der Waals surface area contributed by atoms with Crippen molar-refractivity contribution in [2.45, 2.75) is 26.0 Å². The number of aliphatic imine (C=N–C) groups is 1. The number of rotatable bonds is 8. The number of hydrogen-bond acceptors (Lipinski definition) is 8. The van der Waals surface area contributed by atoms with Crippen LogP contribution in [0, 0.1) is 0 Å². The Labute approximate surface area is 210 Å². The van der Waals surface area contributed by atoms with E-state index in [1.165, 1.54) is 46.4 Å². The van der Waals surface area contributed by atoms with Crippen molar-refractivity contribution >= 4 is 50.3 Å². The molecule has 0 radical (unpaired) electrons. The number of anilines is 1. The average molecular weight is 540 g/mol. The SMILES string of the molecule is CCN(C(=O)CSC1=N/C(=C/c2ccco2)C(=O)N1c1ccc(OC(F)F)cc1)[C@@H]1CCS(=O)(=O)C1. The van der Waals surface area contributed by atoms with E-state index in [-0.39, 0.29) is 45.8 Å². The number of amidine groups is 1. The molecule has 4 rings (SSSR count). The molecule has 1 aromatic carbocycles. The van der Waals surface area contributed by atoms with Crippen molar-refractivity contribution in [3.05, 3.63) is 54.1 Å². The van der Waals surface area contributed by atoms with Gasteiger partial charge < -0.3 is 14.1 Å². The first-order chi connectivity index (χ1) is 17.2. The highest BCUT2D eigenvalue weighted by atomic mass is 32.2. The molecule has 1 saturated heterocycles. The summed E-state index contributed by atoms with van der Waals surface area (Å²) in [5.41, 5.74) is 0.416. The second-order valence-electron chi connectivity index (χ2n) is 7.98. The fraction of sp³-hybridized carbons (Fsp3) is 0.348. The Morgan fingerprint density at radius 3 is 2.67 bits per heavy atom. The summed E-state index contributed by atoms with van der Waals surface area (Å²) in [6.45, 7) is -0.852. The van der Waals surface area contributed by atoms with Gasteiger partial charge in [0.05, 0.1) is 29.2 Å². The molecule has 0 unspecified atom stereocenters. The number of furan rings is 1. The van der Waals surface area contributed by atoms with E-state index in [9.17, 15) is 26.8 Å². The van der Waals surface area contributed by atoms with Crippen LogP contribution in [-0.2, 0) is 19.4 Å². The molecule has 1 fully saturated rings. The number of sulfone groups is 1. The third-order valence-corrected chi connectivity index (χ3v) is 8.28. The van der Waals surface area contributed by atoms with Gasteiger partial charge in [-0.1, -0.05) is 11.8 Å². The fourth-order valence-corrected chi connectivity index (χ4v) is 6.60. The van der Waals surface area contributed by atoms with Crippen molar-refractivity contribution in [1.29, 1.82) is 0 Å². The summed E-state index contributed by atoms with van der Waals surface area (Å²) in [5, 5.41) is 0.212. The summed E-state index contributed by atoms with van der Waals surface area (Å²) in [6.07, 6.45) is 3.30. The molecule has 3 heterocycles. The molecule has 0 N–H and O–H groups in total. The van der Waals surface area contributed by atoms with E-state index in [0.717, 1.165) is 11.8 Å². The van der Waals surface area contributed by atoms with Gasteiger partial charge in [-0.3, -0.25) is 14.5 Å². The highest BCUT2D eigenvalue weighted by Crippen LogP contribution is 2.31. The molecule has 1 aromatic heterocycles. The lowest BCUT2D eigenvalue weighted by Gasteiger charge is -2.27. The van der Waals surface area contributed by atoms with Gasteiger partial charge in [0.2, 0.25) is 5.91 Å². The third kappa shape index (κ3) is 5.95. The number of ether oxygens (including phenoxy) is 1. The first-order valence-electron chi connectivity index (χ1n) is 11.0. The van der Waals surface area contributed by atoms with E-state index in [0.29, 0.717) is 24.4 Å². The zero-order valence-corrected chi connectivity index (χ0v) is 20.8. The van der Waals surface area contributed by atoms with Gasteiger partial charge in [0.1, 0.15) is 17.2 Å². The molecule has 2 aliphatic heterocycles. The number of amides is 2. The number of carbonyl (C=O) groups is 2. The fourth-order valence-electron chi connectivity index (χ4n) is 3.97. The normalized spacial score (nSPS) is 20.3. The van der Waals surface area contributed by atoms with Crippen LogP contribution in [0.3, 0.4) is 0 Å². The number of benzene rings is 1. The van der Waals surface area contributed by atoms with E-state index in [1.54, 1.807) is 19.1 Å². The molecule has 1 atom stereocenters. The van der Waals surface area contributed by atoms with E-state index in [2.05, 4.69) is 9.73 Å². The molecule has 2 amide bonds. The maximum Gasteiger partial charge on any atom is 0.387 e. The molecule has 9 nitrogen and oxygen atoms in total. The van der Waals surface area contributed by atoms with Crippen LogP contribution in [0.5, 0.6) is 5.75 Å². The predicted octanol–water partition coefficient (Wildman–Crippen LogP) is 3.39.